The van der Waals surface area contributed by atoms with E-state index in [0.717, 1.165) is 21.7 Å². The van der Waals surface area contributed by atoms with Crippen LogP contribution >= 0.6 is 11.6 Å². The van der Waals surface area contributed by atoms with E-state index in [1.165, 1.54) is 0 Å². The number of H-pyrrole nitrogens is 1. The number of aromatic amines is 1. The molecule has 0 saturated heterocycles. The van der Waals surface area contributed by atoms with Crippen LogP contribution in [0.15, 0.2) is 41.2 Å². The van der Waals surface area contributed by atoms with Crippen LogP contribution in [0, 0.1) is 13.8 Å². The Bertz CT molecular complexity index is 868. The van der Waals surface area contributed by atoms with Crippen LogP contribution < -0.4 is 5.56 Å². The van der Waals surface area contributed by atoms with E-state index in [9.17, 15) is 4.79 Å². The highest BCUT2D eigenvalue weighted by atomic mass is 35.5. The number of fused-ring (bicyclic) bond motifs is 1. The SMILES string of the molecule is Cc1nc2cc(-c3cccc(Cl)c3C)ccc2c(=O)[nH]1. The van der Waals surface area contributed by atoms with Crippen molar-refractivity contribution in [1.82, 2.24) is 9.97 Å². The first-order valence-electron chi connectivity index (χ1n) is 6.32. The lowest BCUT2D eigenvalue weighted by atomic mass is 9.99. The first-order chi connectivity index (χ1) is 9.56. The Kier molecular flexibility index (Phi) is 3.07. The van der Waals surface area contributed by atoms with Crippen molar-refractivity contribution in [3.05, 3.63) is 63.2 Å². The summed E-state index contributed by atoms with van der Waals surface area (Å²) < 4.78 is 0. The fraction of sp³-hybridized carbons (Fsp3) is 0.125. The van der Waals surface area contributed by atoms with E-state index in [-0.39, 0.29) is 5.56 Å². The quantitative estimate of drug-likeness (QED) is 0.737. The van der Waals surface area contributed by atoms with Gasteiger partial charge in [-0.15, -0.1) is 0 Å². The smallest absolute Gasteiger partial charge is 0.258 e. The molecule has 3 aromatic rings. The van der Waals surface area contributed by atoms with E-state index < -0.39 is 0 Å². The zero-order chi connectivity index (χ0) is 14.3. The van der Waals surface area contributed by atoms with Gasteiger partial charge in [-0.25, -0.2) is 4.98 Å². The van der Waals surface area contributed by atoms with Gasteiger partial charge in [-0.1, -0.05) is 29.8 Å². The minimum absolute atomic E-state index is 0.109. The molecule has 0 amide bonds. The molecule has 3 rings (SSSR count). The van der Waals surface area contributed by atoms with Crippen LogP contribution in [0.3, 0.4) is 0 Å². The highest BCUT2D eigenvalue weighted by molar-refractivity contribution is 6.31. The molecule has 0 atom stereocenters. The van der Waals surface area contributed by atoms with E-state index in [4.69, 9.17) is 11.6 Å². The predicted octanol–water partition coefficient (Wildman–Crippen LogP) is 3.86. The molecule has 1 N–H and O–H groups in total. The first kappa shape index (κ1) is 12.9. The molecule has 3 nitrogen and oxygen atoms in total. The second kappa shape index (κ2) is 4.76. The molecule has 1 heterocycles. The molecule has 0 spiro atoms. The summed E-state index contributed by atoms with van der Waals surface area (Å²) in [5.74, 6) is 0.613. The molecule has 0 radical (unpaired) electrons. The van der Waals surface area contributed by atoms with Gasteiger partial charge in [0, 0.05) is 5.02 Å². The number of nitrogens with one attached hydrogen (secondary N) is 1. The van der Waals surface area contributed by atoms with Crippen molar-refractivity contribution in [2.75, 3.05) is 0 Å². The van der Waals surface area contributed by atoms with Crippen molar-refractivity contribution in [1.29, 1.82) is 0 Å². The normalized spacial score (nSPS) is 10.9. The molecule has 0 aliphatic carbocycles. The van der Waals surface area contributed by atoms with E-state index in [1.807, 2.05) is 37.3 Å². The van der Waals surface area contributed by atoms with Gasteiger partial charge in [0.05, 0.1) is 10.9 Å². The van der Waals surface area contributed by atoms with Gasteiger partial charge in [0.1, 0.15) is 5.82 Å². The molecule has 100 valence electrons. The fourth-order valence-electron chi connectivity index (χ4n) is 2.34. The summed E-state index contributed by atoms with van der Waals surface area (Å²) in [6.07, 6.45) is 0. The third-order valence-corrected chi connectivity index (χ3v) is 3.81. The average Bonchev–Trinajstić information content (AvgIpc) is 2.41. The standard InChI is InChI=1S/C16H13ClN2O/c1-9-12(4-3-5-14(9)17)11-6-7-13-15(8-11)18-10(2)19-16(13)20/h3-8H,1-2H3,(H,18,19,20). The third-order valence-electron chi connectivity index (χ3n) is 3.40. The Balaban J connectivity index is 2.28. The lowest BCUT2D eigenvalue weighted by Gasteiger charge is -2.08. The van der Waals surface area contributed by atoms with Crippen LogP contribution in [0.1, 0.15) is 11.4 Å². The molecule has 4 heteroatoms. The minimum atomic E-state index is -0.109. The summed E-state index contributed by atoms with van der Waals surface area (Å²) in [5, 5.41) is 1.33. The summed E-state index contributed by atoms with van der Waals surface area (Å²) in [4.78, 5) is 18.9. The number of benzene rings is 2. The van der Waals surface area contributed by atoms with Crippen molar-refractivity contribution in [3.8, 4) is 11.1 Å². The topological polar surface area (TPSA) is 45.8 Å². The fourth-order valence-corrected chi connectivity index (χ4v) is 2.52. The molecule has 0 unspecified atom stereocenters. The van der Waals surface area contributed by atoms with Crippen molar-refractivity contribution < 1.29 is 0 Å². The maximum absolute atomic E-state index is 11.9. The second-order valence-electron chi connectivity index (χ2n) is 4.80. The van der Waals surface area contributed by atoms with Gasteiger partial charge < -0.3 is 4.98 Å². The largest absolute Gasteiger partial charge is 0.310 e. The number of rotatable bonds is 1. The molecule has 0 bridgehead atoms. The molecular formula is C16H13ClN2O. The number of halogens is 1. The van der Waals surface area contributed by atoms with E-state index >= 15 is 0 Å². The number of nitrogens with zero attached hydrogens (tertiary/aromatic N) is 1. The number of aryl methyl sites for hydroxylation is 1. The zero-order valence-corrected chi connectivity index (χ0v) is 12.0. The summed E-state index contributed by atoms with van der Waals surface area (Å²) in [5.41, 5.74) is 3.68. The zero-order valence-electron chi connectivity index (χ0n) is 11.2. The maximum Gasteiger partial charge on any atom is 0.258 e. The van der Waals surface area contributed by atoms with E-state index in [0.29, 0.717) is 16.7 Å². The maximum atomic E-state index is 11.9. The highest BCUT2D eigenvalue weighted by Gasteiger charge is 2.08. The van der Waals surface area contributed by atoms with Gasteiger partial charge >= 0.3 is 0 Å². The predicted molar refractivity (Wildman–Crippen MR) is 82.3 cm³/mol. The van der Waals surface area contributed by atoms with Gasteiger partial charge in [0.15, 0.2) is 0 Å². The summed E-state index contributed by atoms with van der Waals surface area (Å²) in [7, 11) is 0. The Labute approximate surface area is 121 Å². The van der Waals surface area contributed by atoms with Crippen molar-refractivity contribution in [2.24, 2.45) is 0 Å². The van der Waals surface area contributed by atoms with Crippen molar-refractivity contribution in [3.63, 3.8) is 0 Å². The molecule has 2 aromatic carbocycles. The average molecular weight is 285 g/mol. The van der Waals surface area contributed by atoms with Crippen LogP contribution in [0.25, 0.3) is 22.0 Å². The van der Waals surface area contributed by atoms with Crippen LogP contribution in [-0.2, 0) is 0 Å². The number of aromatic nitrogens is 2. The van der Waals surface area contributed by atoms with E-state index in [2.05, 4.69) is 9.97 Å². The molecular weight excluding hydrogens is 272 g/mol. The van der Waals surface area contributed by atoms with Crippen LogP contribution in [0.4, 0.5) is 0 Å². The van der Waals surface area contributed by atoms with Crippen molar-refractivity contribution >= 4 is 22.5 Å². The molecule has 20 heavy (non-hydrogen) atoms. The number of hydrogen-bond donors (Lipinski definition) is 1. The van der Waals surface area contributed by atoms with Gasteiger partial charge in [-0.05, 0) is 48.7 Å². The minimum Gasteiger partial charge on any atom is -0.310 e. The van der Waals surface area contributed by atoms with Gasteiger partial charge in [-0.2, -0.15) is 0 Å². The molecule has 0 aliphatic heterocycles. The Hall–Kier alpha value is -2.13. The van der Waals surface area contributed by atoms with Gasteiger partial charge in [0.25, 0.3) is 5.56 Å². The summed E-state index contributed by atoms with van der Waals surface area (Å²) in [6, 6.07) is 11.5. The Morgan fingerprint density at radius 2 is 1.95 bits per heavy atom. The van der Waals surface area contributed by atoms with Crippen LogP contribution in [-0.4, -0.2) is 9.97 Å². The third kappa shape index (κ3) is 2.10. The molecule has 1 aromatic heterocycles. The Morgan fingerprint density at radius 1 is 1.15 bits per heavy atom. The molecule has 0 fully saturated rings. The van der Waals surface area contributed by atoms with Crippen LogP contribution in [0.2, 0.25) is 5.02 Å². The second-order valence-corrected chi connectivity index (χ2v) is 5.20. The lowest BCUT2D eigenvalue weighted by Crippen LogP contribution is -2.09. The highest BCUT2D eigenvalue weighted by Crippen LogP contribution is 2.29. The van der Waals surface area contributed by atoms with E-state index in [1.54, 1.807) is 13.0 Å². The monoisotopic (exact) mass is 284 g/mol. The molecule has 0 saturated carbocycles. The van der Waals surface area contributed by atoms with Gasteiger partial charge in [-0.3, -0.25) is 4.79 Å². The van der Waals surface area contributed by atoms with Crippen LogP contribution in [0.5, 0.6) is 0 Å². The van der Waals surface area contributed by atoms with Crippen molar-refractivity contribution in [2.45, 2.75) is 13.8 Å². The lowest BCUT2D eigenvalue weighted by molar-refractivity contribution is 1.06. The Morgan fingerprint density at radius 3 is 2.75 bits per heavy atom. The molecule has 0 aliphatic rings. The first-order valence-corrected chi connectivity index (χ1v) is 6.70. The van der Waals surface area contributed by atoms with Gasteiger partial charge in [0.2, 0.25) is 0 Å². The number of hydrogen-bond acceptors (Lipinski definition) is 2. The summed E-state index contributed by atoms with van der Waals surface area (Å²) >= 11 is 6.16. The summed E-state index contributed by atoms with van der Waals surface area (Å²) in [6.45, 7) is 3.76.